The smallest absolute Gasteiger partial charge is 0.252 e. The van der Waals surface area contributed by atoms with E-state index in [1.54, 1.807) is 12.3 Å². The number of nitrogens with one attached hydrogen (secondary N) is 1. The fraction of sp³-hybridized carbons (Fsp3) is 0.333. The van der Waals surface area contributed by atoms with Gasteiger partial charge >= 0.3 is 0 Å². The minimum atomic E-state index is -0.512. The number of amides is 1. The van der Waals surface area contributed by atoms with Crippen LogP contribution in [0, 0.1) is 5.41 Å². The first-order valence-corrected chi connectivity index (χ1v) is 14.6. The van der Waals surface area contributed by atoms with Crippen molar-refractivity contribution in [1.82, 2.24) is 15.1 Å². The van der Waals surface area contributed by atoms with E-state index >= 15 is 0 Å². The Morgan fingerprint density at radius 1 is 1.05 bits per heavy atom. The second-order valence-corrected chi connectivity index (χ2v) is 12.3. The molecule has 0 bridgehead atoms. The molecule has 2 aliphatic rings. The van der Waals surface area contributed by atoms with Crippen LogP contribution in [0.3, 0.4) is 0 Å². The van der Waals surface area contributed by atoms with Crippen LogP contribution in [-0.4, -0.2) is 53.7 Å². The average Bonchev–Trinajstić information content (AvgIpc) is 3.45. The molecule has 7 nitrogen and oxygen atoms in total. The standard InChI is InChI=1S/C33H36ClN5O2/c1-33(2)14-13-23(26(19-33)22-9-11-24(34)12-10-22)21-38-15-17-39(18-16-38)29-7-3-5-25(32(35)40)31(29)41-30-8-4-6-28-27(30)20-36-37-28/h3-12,20H,13-19,21H2,1-2H3,(H2,35,40)(H,36,37). The van der Waals surface area contributed by atoms with Gasteiger partial charge in [0, 0.05) is 37.7 Å². The highest BCUT2D eigenvalue weighted by Crippen LogP contribution is 2.44. The maximum absolute atomic E-state index is 12.4. The van der Waals surface area contributed by atoms with Crippen molar-refractivity contribution in [2.24, 2.45) is 11.1 Å². The number of hydrogen-bond donors (Lipinski definition) is 2. The van der Waals surface area contributed by atoms with E-state index in [4.69, 9.17) is 22.1 Å². The Balaban J connectivity index is 1.22. The van der Waals surface area contributed by atoms with E-state index in [2.05, 4.69) is 46.0 Å². The normalized spacial score (nSPS) is 17.7. The van der Waals surface area contributed by atoms with Crippen LogP contribution in [0.4, 0.5) is 5.69 Å². The average molecular weight is 570 g/mol. The number of benzene rings is 3. The largest absolute Gasteiger partial charge is 0.454 e. The van der Waals surface area contributed by atoms with Gasteiger partial charge in [-0.25, -0.2) is 0 Å². The zero-order chi connectivity index (χ0) is 28.6. The quantitative estimate of drug-likeness (QED) is 0.253. The van der Waals surface area contributed by atoms with Crippen molar-refractivity contribution in [1.29, 1.82) is 0 Å². The number of aromatic amines is 1. The first kappa shape index (κ1) is 27.4. The fourth-order valence-corrected chi connectivity index (χ4v) is 6.22. The number of carbonyl (C=O) groups is 1. The van der Waals surface area contributed by atoms with Gasteiger partial charge < -0.3 is 15.4 Å². The Kier molecular flexibility index (Phi) is 7.49. The summed E-state index contributed by atoms with van der Waals surface area (Å²) in [6.45, 7) is 9.18. The molecule has 1 fully saturated rings. The zero-order valence-electron chi connectivity index (χ0n) is 23.6. The van der Waals surface area contributed by atoms with Gasteiger partial charge in [0.05, 0.1) is 28.4 Å². The molecule has 8 heteroatoms. The number of nitrogens with two attached hydrogens (primary N) is 1. The van der Waals surface area contributed by atoms with Crippen molar-refractivity contribution in [3.8, 4) is 11.5 Å². The number of primary amides is 1. The third-order valence-electron chi connectivity index (χ3n) is 8.42. The first-order valence-electron chi connectivity index (χ1n) is 14.2. The number of fused-ring (bicyclic) bond motifs is 1. The minimum Gasteiger partial charge on any atom is -0.454 e. The molecule has 0 unspecified atom stereocenters. The van der Waals surface area contributed by atoms with E-state index in [9.17, 15) is 4.79 Å². The number of ether oxygens (including phenoxy) is 1. The molecular weight excluding hydrogens is 534 g/mol. The summed E-state index contributed by atoms with van der Waals surface area (Å²) in [5, 5.41) is 8.74. The number of allylic oxidation sites excluding steroid dienone is 1. The summed E-state index contributed by atoms with van der Waals surface area (Å²) in [5.74, 6) is 0.609. The second kappa shape index (κ2) is 11.2. The van der Waals surface area contributed by atoms with Crippen molar-refractivity contribution >= 4 is 39.7 Å². The Morgan fingerprint density at radius 2 is 1.80 bits per heavy atom. The highest BCUT2D eigenvalue weighted by atomic mass is 35.5. The van der Waals surface area contributed by atoms with Crippen molar-refractivity contribution in [3.05, 3.63) is 88.6 Å². The van der Waals surface area contributed by atoms with E-state index in [1.807, 2.05) is 42.5 Å². The third kappa shape index (κ3) is 5.83. The van der Waals surface area contributed by atoms with E-state index < -0.39 is 5.91 Å². The van der Waals surface area contributed by atoms with Gasteiger partial charge in [0.2, 0.25) is 0 Å². The third-order valence-corrected chi connectivity index (χ3v) is 8.67. The van der Waals surface area contributed by atoms with Crippen LogP contribution < -0.4 is 15.4 Å². The maximum atomic E-state index is 12.4. The molecule has 0 spiro atoms. The summed E-state index contributed by atoms with van der Waals surface area (Å²) in [6, 6.07) is 19.7. The van der Waals surface area contributed by atoms with Gasteiger partial charge in [-0.3, -0.25) is 14.8 Å². The maximum Gasteiger partial charge on any atom is 0.252 e. The molecule has 1 amide bonds. The van der Waals surface area contributed by atoms with Crippen molar-refractivity contribution in [2.75, 3.05) is 37.6 Å². The number of para-hydroxylation sites is 1. The van der Waals surface area contributed by atoms with Crippen molar-refractivity contribution in [3.63, 3.8) is 0 Å². The number of halogens is 1. The molecule has 0 saturated carbocycles. The topological polar surface area (TPSA) is 87.5 Å². The van der Waals surface area contributed by atoms with E-state index in [1.165, 1.54) is 23.1 Å². The lowest BCUT2D eigenvalue weighted by atomic mass is 9.72. The van der Waals surface area contributed by atoms with Crippen LogP contribution in [0.5, 0.6) is 11.5 Å². The van der Waals surface area contributed by atoms with Gasteiger partial charge in [0.25, 0.3) is 5.91 Å². The van der Waals surface area contributed by atoms with Gasteiger partial charge in [0.15, 0.2) is 5.75 Å². The Morgan fingerprint density at radius 3 is 2.56 bits per heavy atom. The van der Waals surface area contributed by atoms with Crippen LogP contribution in [0.1, 0.15) is 49.0 Å². The Bertz CT molecular complexity index is 1600. The number of hydrogen-bond acceptors (Lipinski definition) is 5. The highest BCUT2D eigenvalue weighted by Gasteiger charge is 2.30. The molecule has 3 aromatic carbocycles. The summed E-state index contributed by atoms with van der Waals surface area (Å²) in [5.41, 5.74) is 12.5. The van der Waals surface area contributed by atoms with Crippen molar-refractivity contribution in [2.45, 2.75) is 33.1 Å². The van der Waals surface area contributed by atoms with Gasteiger partial charge in [0.1, 0.15) is 5.75 Å². The van der Waals surface area contributed by atoms with Crippen LogP contribution >= 0.6 is 11.6 Å². The highest BCUT2D eigenvalue weighted by molar-refractivity contribution is 6.30. The summed E-state index contributed by atoms with van der Waals surface area (Å²) < 4.78 is 6.43. The molecule has 4 aromatic rings. The summed E-state index contributed by atoms with van der Waals surface area (Å²) in [7, 11) is 0. The van der Waals surface area contributed by atoms with Gasteiger partial charge in [-0.1, -0.05) is 55.3 Å². The molecule has 1 saturated heterocycles. The molecule has 1 aliphatic carbocycles. The van der Waals surface area contributed by atoms with E-state index in [0.29, 0.717) is 22.5 Å². The van der Waals surface area contributed by atoms with Crippen LogP contribution in [-0.2, 0) is 0 Å². The Labute approximate surface area is 245 Å². The number of rotatable bonds is 7. The van der Waals surface area contributed by atoms with Crippen LogP contribution in [0.2, 0.25) is 5.02 Å². The predicted octanol–water partition coefficient (Wildman–Crippen LogP) is 6.89. The zero-order valence-corrected chi connectivity index (χ0v) is 24.4. The lowest BCUT2D eigenvalue weighted by molar-refractivity contribution is 0.0998. The molecule has 1 aliphatic heterocycles. The number of nitrogens with zero attached hydrogens (tertiary/aromatic N) is 3. The van der Waals surface area contributed by atoms with Crippen molar-refractivity contribution < 1.29 is 9.53 Å². The molecular formula is C33H36ClN5O2. The molecule has 0 atom stereocenters. The van der Waals surface area contributed by atoms with Gasteiger partial charge in [-0.2, -0.15) is 5.10 Å². The van der Waals surface area contributed by atoms with Crippen LogP contribution in [0.25, 0.3) is 16.5 Å². The first-order chi connectivity index (χ1) is 19.8. The molecule has 0 radical (unpaired) electrons. The lowest BCUT2D eigenvalue weighted by Crippen LogP contribution is -2.47. The number of piperazine rings is 1. The number of carbonyl (C=O) groups excluding carboxylic acids is 1. The van der Waals surface area contributed by atoms with Gasteiger partial charge in [-0.15, -0.1) is 0 Å². The van der Waals surface area contributed by atoms with E-state index in [0.717, 1.165) is 67.2 Å². The fourth-order valence-electron chi connectivity index (χ4n) is 6.10. The van der Waals surface area contributed by atoms with Gasteiger partial charge in [-0.05, 0) is 72.2 Å². The summed E-state index contributed by atoms with van der Waals surface area (Å²) >= 11 is 6.20. The second-order valence-electron chi connectivity index (χ2n) is 11.9. The summed E-state index contributed by atoms with van der Waals surface area (Å²) in [4.78, 5) is 17.3. The number of aromatic nitrogens is 2. The number of H-pyrrole nitrogens is 1. The SMILES string of the molecule is CC1(C)CCC(CN2CCN(c3cccc(C(N)=O)c3Oc3cccc4[nH]ncc34)CC2)=C(c2ccc(Cl)cc2)C1. The lowest BCUT2D eigenvalue weighted by Gasteiger charge is -2.39. The molecule has 3 N–H and O–H groups in total. The number of anilines is 1. The summed E-state index contributed by atoms with van der Waals surface area (Å²) in [6.07, 6.45) is 5.12. The molecule has 2 heterocycles. The Hall–Kier alpha value is -3.81. The van der Waals surface area contributed by atoms with Crippen LogP contribution in [0.15, 0.2) is 72.4 Å². The predicted molar refractivity (Wildman–Crippen MR) is 166 cm³/mol. The molecule has 6 rings (SSSR count). The molecule has 41 heavy (non-hydrogen) atoms. The minimum absolute atomic E-state index is 0.291. The monoisotopic (exact) mass is 569 g/mol. The van der Waals surface area contributed by atoms with E-state index in [-0.39, 0.29) is 0 Å². The molecule has 1 aromatic heterocycles. The molecule has 212 valence electrons.